The fourth-order valence-electron chi connectivity index (χ4n) is 2.86. The van der Waals surface area contributed by atoms with Crippen molar-refractivity contribution in [2.45, 2.75) is 40.0 Å². The Morgan fingerprint density at radius 3 is 2.36 bits per heavy atom. The third-order valence-electron chi connectivity index (χ3n) is 4.20. The molecule has 2 aromatic carbocycles. The number of carbonyl (C=O) groups is 1. The quantitative estimate of drug-likeness (QED) is 0.466. The molecule has 0 bridgehead atoms. The van der Waals surface area contributed by atoms with Crippen molar-refractivity contribution in [2.75, 3.05) is 0 Å². The fourth-order valence-corrected chi connectivity index (χ4v) is 2.86. The number of hydrogen-bond acceptors (Lipinski definition) is 2. The molecule has 0 saturated heterocycles. The lowest BCUT2D eigenvalue weighted by Crippen LogP contribution is -2.14. The van der Waals surface area contributed by atoms with E-state index in [2.05, 4.69) is 11.9 Å². The molecular formula is C20H22F2N2O. The van der Waals surface area contributed by atoms with Crippen LogP contribution >= 0.6 is 0 Å². The number of aldehydes is 1. The Kier molecular flexibility index (Phi) is 6.02. The van der Waals surface area contributed by atoms with Gasteiger partial charge in [-0.1, -0.05) is 13.3 Å². The maximum Gasteiger partial charge on any atom is 0.155 e. The highest BCUT2D eigenvalue weighted by Gasteiger charge is 2.12. The first kappa shape index (κ1) is 18.8. The van der Waals surface area contributed by atoms with Gasteiger partial charge in [-0.15, -0.1) is 0 Å². The molecule has 0 aliphatic heterocycles. The summed E-state index contributed by atoms with van der Waals surface area (Å²) in [5, 5.41) is 0. The average Bonchev–Trinajstić information content (AvgIpc) is 2.53. The van der Waals surface area contributed by atoms with Gasteiger partial charge in [0, 0.05) is 17.7 Å². The first-order chi connectivity index (χ1) is 11.9. The molecule has 0 radical (unpaired) electrons. The second kappa shape index (κ2) is 8.01. The lowest BCUT2D eigenvalue weighted by molar-refractivity contribution is 0.112. The van der Waals surface area contributed by atoms with Gasteiger partial charge in [-0.2, -0.15) is 0 Å². The molecule has 0 amide bonds. The monoisotopic (exact) mass is 344 g/mol. The number of unbranched alkanes of at least 4 members (excludes halogenated alkanes) is 1. The lowest BCUT2D eigenvalue weighted by atomic mass is 9.95. The molecule has 0 unspecified atom stereocenters. The van der Waals surface area contributed by atoms with Gasteiger partial charge in [0.15, 0.2) is 6.29 Å². The molecule has 5 heteroatoms. The minimum Gasteiger partial charge on any atom is -0.383 e. The number of amidine groups is 1. The second-order valence-corrected chi connectivity index (χ2v) is 6.13. The molecular weight excluding hydrogens is 322 g/mol. The largest absolute Gasteiger partial charge is 0.383 e. The number of benzene rings is 2. The summed E-state index contributed by atoms with van der Waals surface area (Å²) in [5.74, 6) is -1.65. The Morgan fingerprint density at radius 1 is 1.16 bits per heavy atom. The van der Waals surface area contributed by atoms with E-state index in [0.29, 0.717) is 17.9 Å². The van der Waals surface area contributed by atoms with Crippen LogP contribution < -0.4 is 5.73 Å². The summed E-state index contributed by atoms with van der Waals surface area (Å²) >= 11 is 0. The normalized spacial score (nSPS) is 11.6. The first-order valence-corrected chi connectivity index (χ1v) is 8.26. The molecule has 0 fully saturated rings. The third-order valence-corrected chi connectivity index (χ3v) is 4.20. The van der Waals surface area contributed by atoms with Crippen molar-refractivity contribution >= 4 is 17.8 Å². The van der Waals surface area contributed by atoms with Crippen LogP contribution in [-0.2, 0) is 6.42 Å². The van der Waals surface area contributed by atoms with E-state index in [0.717, 1.165) is 36.5 Å². The molecule has 2 rings (SSSR count). The number of aryl methyl sites for hydroxylation is 2. The van der Waals surface area contributed by atoms with Crippen LogP contribution in [0, 0.1) is 25.5 Å². The van der Waals surface area contributed by atoms with Crippen LogP contribution in [0.4, 0.5) is 14.5 Å². The highest BCUT2D eigenvalue weighted by Crippen LogP contribution is 2.24. The Morgan fingerprint density at radius 2 is 1.80 bits per heavy atom. The van der Waals surface area contributed by atoms with Gasteiger partial charge >= 0.3 is 0 Å². The zero-order valence-electron chi connectivity index (χ0n) is 14.7. The highest BCUT2D eigenvalue weighted by atomic mass is 19.1. The highest BCUT2D eigenvalue weighted by molar-refractivity contribution is 6.00. The van der Waals surface area contributed by atoms with Gasteiger partial charge < -0.3 is 5.73 Å². The molecule has 3 nitrogen and oxygen atoms in total. The van der Waals surface area contributed by atoms with Crippen molar-refractivity contribution in [3.8, 4) is 0 Å². The Labute approximate surface area is 146 Å². The average molecular weight is 344 g/mol. The van der Waals surface area contributed by atoms with E-state index in [1.807, 2.05) is 26.0 Å². The molecule has 2 aromatic rings. The number of carbonyl (C=O) groups excluding carboxylic acids is 1. The van der Waals surface area contributed by atoms with E-state index in [1.54, 1.807) is 0 Å². The van der Waals surface area contributed by atoms with Gasteiger partial charge in [0.25, 0.3) is 0 Å². The molecule has 0 aromatic heterocycles. The number of nitrogens with two attached hydrogens (primary N) is 1. The van der Waals surface area contributed by atoms with E-state index >= 15 is 0 Å². The molecule has 25 heavy (non-hydrogen) atoms. The maximum atomic E-state index is 13.7. The maximum absolute atomic E-state index is 13.7. The minimum absolute atomic E-state index is 0.112. The van der Waals surface area contributed by atoms with Crippen LogP contribution in [0.5, 0.6) is 0 Å². The summed E-state index contributed by atoms with van der Waals surface area (Å²) in [5.41, 5.74) is 9.75. The smallest absolute Gasteiger partial charge is 0.155 e. The molecule has 0 saturated carbocycles. The zero-order chi connectivity index (χ0) is 18.6. The predicted octanol–water partition coefficient (Wildman–Crippen LogP) is 4.77. The molecule has 0 aliphatic rings. The van der Waals surface area contributed by atoms with Gasteiger partial charge in [-0.05, 0) is 55.5 Å². The summed E-state index contributed by atoms with van der Waals surface area (Å²) < 4.78 is 27.1. The number of hydrogen-bond donors (Lipinski definition) is 1. The van der Waals surface area contributed by atoms with Crippen molar-refractivity contribution in [3.63, 3.8) is 0 Å². The molecule has 132 valence electrons. The Hall–Kier alpha value is -2.56. The van der Waals surface area contributed by atoms with Gasteiger partial charge in [0.2, 0.25) is 0 Å². The number of nitrogens with zero attached hydrogens (tertiary/aromatic N) is 1. The van der Waals surface area contributed by atoms with Crippen LogP contribution in [-0.4, -0.2) is 12.1 Å². The van der Waals surface area contributed by atoms with Crippen LogP contribution in [0.2, 0.25) is 0 Å². The molecule has 0 spiro atoms. The Bertz CT molecular complexity index is 806. The topological polar surface area (TPSA) is 55.4 Å². The van der Waals surface area contributed by atoms with Crippen molar-refractivity contribution in [1.29, 1.82) is 0 Å². The van der Waals surface area contributed by atoms with Gasteiger partial charge in [-0.25, -0.2) is 13.8 Å². The summed E-state index contributed by atoms with van der Waals surface area (Å²) in [4.78, 5) is 15.1. The molecule has 0 heterocycles. The first-order valence-electron chi connectivity index (χ1n) is 8.26. The standard InChI is InChI=1S/C20H22F2N2O/c1-4-5-6-16-12(2)7-14(8-13(16)3)20(23)24-19-10-15(21)9-18(22)17(19)11-25/h7-11H,4-6H2,1-3H3,(H2,23,24). The fraction of sp³-hybridized carbons (Fsp3) is 0.300. The van der Waals surface area contributed by atoms with Gasteiger partial charge in [-0.3, -0.25) is 4.79 Å². The van der Waals surface area contributed by atoms with Crippen molar-refractivity contribution in [3.05, 3.63) is 63.7 Å². The van der Waals surface area contributed by atoms with Crippen molar-refractivity contribution < 1.29 is 13.6 Å². The van der Waals surface area contributed by atoms with Crippen LogP contribution in [0.3, 0.4) is 0 Å². The Balaban J connectivity index is 2.46. The number of halogens is 2. The number of rotatable bonds is 6. The minimum atomic E-state index is -0.955. The summed E-state index contributed by atoms with van der Waals surface area (Å²) in [6, 6.07) is 5.46. The van der Waals surface area contributed by atoms with Crippen molar-refractivity contribution in [1.82, 2.24) is 0 Å². The summed E-state index contributed by atoms with van der Waals surface area (Å²) in [6.07, 6.45) is 3.53. The van der Waals surface area contributed by atoms with Crippen LogP contribution in [0.15, 0.2) is 29.3 Å². The van der Waals surface area contributed by atoms with Crippen LogP contribution in [0.1, 0.15) is 52.4 Å². The van der Waals surface area contributed by atoms with E-state index in [-0.39, 0.29) is 17.1 Å². The molecule has 2 N–H and O–H groups in total. The second-order valence-electron chi connectivity index (χ2n) is 6.13. The zero-order valence-corrected chi connectivity index (χ0v) is 14.7. The van der Waals surface area contributed by atoms with E-state index < -0.39 is 11.6 Å². The summed E-state index contributed by atoms with van der Waals surface area (Å²) in [7, 11) is 0. The SMILES string of the molecule is CCCCc1c(C)cc(C(N)=Nc2cc(F)cc(F)c2C=O)cc1C. The lowest BCUT2D eigenvalue weighted by Gasteiger charge is -2.12. The van der Waals surface area contributed by atoms with E-state index in [9.17, 15) is 13.6 Å². The number of aliphatic imine (C=N–C) groups is 1. The van der Waals surface area contributed by atoms with Gasteiger partial charge in [0.1, 0.15) is 17.5 Å². The van der Waals surface area contributed by atoms with Crippen molar-refractivity contribution in [2.24, 2.45) is 10.7 Å². The summed E-state index contributed by atoms with van der Waals surface area (Å²) in [6.45, 7) is 6.16. The van der Waals surface area contributed by atoms with E-state index in [4.69, 9.17) is 5.73 Å². The third kappa shape index (κ3) is 4.29. The van der Waals surface area contributed by atoms with Gasteiger partial charge in [0.05, 0.1) is 11.3 Å². The molecule has 0 atom stereocenters. The predicted molar refractivity (Wildman–Crippen MR) is 96.7 cm³/mol. The van der Waals surface area contributed by atoms with Crippen LogP contribution in [0.25, 0.3) is 0 Å². The molecule has 0 aliphatic carbocycles. The van der Waals surface area contributed by atoms with E-state index in [1.165, 1.54) is 5.56 Å².